The number of aryl methyl sites for hydroxylation is 2. The van der Waals surface area contributed by atoms with Crippen LogP contribution in [-0.4, -0.2) is 19.2 Å². The number of nitrogens with two attached hydrogens (primary N) is 1. The minimum absolute atomic E-state index is 0.536. The summed E-state index contributed by atoms with van der Waals surface area (Å²) in [6, 6.07) is 3.78. The van der Waals surface area contributed by atoms with Gasteiger partial charge in [-0.3, -0.25) is 0 Å². The van der Waals surface area contributed by atoms with Crippen LogP contribution in [0.3, 0.4) is 0 Å². The quantitative estimate of drug-likeness (QED) is 0.808. The first kappa shape index (κ1) is 11.5. The number of hydrogen-bond acceptors (Lipinski definition) is 4. The van der Waals surface area contributed by atoms with Crippen molar-refractivity contribution in [1.29, 1.82) is 0 Å². The first-order valence-electron chi connectivity index (χ1n) is 5.37. The molecule has 0 amide bonds. The summed E-state index contributed by atoms with van der Waals surface area (Å²) in [7, 11) is 3.22. The van der Waals surface area contributed by atoms with E-state index in [1.165, 1.54) is 0 Å². The highest BCUT2D eigenvalue weighted by atomic mass is 16.5. The van der Waals surface area contributed by atoms with Crippen molar-refractivity contribution in [2.24, 2.45) is 0 Å². The van der Waals surface area contributed by atoms with Crippen molar-refractivity contribution in [3.63, 3.8) is 0 Å². The van der Waals surface area contributed by atoms with Crippen molar-refractivity contribution in [3.8, 4) is 11.5 Å². The second-order valence-electron chi connectivity index (χ2n) is 4.01. The molecule has 2 N–H and O–H groups in total. The van der Waals surface area contributed by atoms with Crippen molar-refractivity contribution in [3.05, 3.63) is 23.4 Å². The standard InChI is InChI=1S/C13H16N2O2/c1-7-5-8(2)15-12-11(7)10(16-3)6-9(14)13(12)17-4/h5-6H,14H2,1-4H3. The molecule has 17 heavy (non-hydrogen) atoms. The minimum atomic E-state index is 0.536. The van der Waals surface area contributed by atoms with Crippen molar-refractivity contribution in [2.75, 3.05) is 20.0 Å². The number of rotatable bonds is 2. The Morgan fingerprint density at radius 3 is 2.41 bits per heavy atom. The van der Waals surface area contributed by atoms with Gasteiger partial charge >= 0.3 is 0 Å². The molecule has 0 bridgehead atoms. The first-order chi connectivity index (χ1) is 8.08. The van der Waals surface area contributed by atoms with Gasteiger partial charge in [-0.25, -0.2) is 4.98 Å². The van der Waals surface area contributed by atoms with E-state index in [1.54, 1.807) is 20.3 Å². The molecule has 0 aliphatic carbocycles. The van der Waals surface area contributed by atoms with Gasteiger partial charge in [-0.1, -0.05) is 0 Å². The predicted molar refractivity (Wildman–Crippen MR) is 68.7 cm³/mol. The smallest absolute Gasteiger partial charge is 0.168 e. The molecule has 90 valence electrons. The minimum Gasteiger partial charge on any atom is -0.496 e. The summed E-state index contributed by atoms with van der Waals surface area (Å²) < 4.78 is 10.7. The van der Waals surface area contributed by atoms with E-state index in [1.807, 2.05) is 19.9 Å². The van der Waals surface area contributed by atoms with Gasteiger partial charge in [0.05, 0.1) is 19.9 Å². The van der Waals surface area contributed by atoms with Crippen LogP contribution < -0.4 is 15.2 Å². The fourth-order valence-corrected chi connectivity index (χ4v) is 2.10. The summed E-state index contributed by atoms with van der Waals surface area (Å²) >= 11 is 0. The molecule has 0 fully saturated rings. The molecule has 2 aromatic rings. The summed E-state index contributed by atoms with van der Waals surface area (Å²) in [6.07, 6.45) is 0. The SMILES string of the molecule is COc1c(N)cc(OC)c2c(C)cc(C)nc12. The van der Waals surface area contributed by atoms with Crippen molar-refractivity contribution >= 4 is 16.6 Å². The van der Waals surface area contributed by atoms with Gasteiger partial charge in [0.1, 0.15) is 11.3 Å². The van der Waals surface area contributed by atoms with Crippen LogP contribution in [0, 0.1) is 13.8 Å². The van der Waals surface area contributed by atoms with Crippen LogP contribution in [0.4, 0.5) is 5.69 Å². The van der Waals surface area contributed by atoms with Crippen molar-refractivity contribution < 1.29 is 9.47 Å². The summed E-state index contributed by atoms with van der Waals surface area (Å²) in [4.78, 5) is 4.49. The maximum absolute atomic E-state index is 5.93. The molecule has 0 aliphatic heterocycles. The zero-order chi connectivity index (χ0) is 12.6. The second-order valence-corrected chi connectivity index (χ2v) is 4.01. The van der Waals surface area contributed by atoms with Gasteiger partial charge in [-0.15, -0.1) is 0 Å². The Bertz CT molecular complexity index is 579. The van der Waals surface area contributed by atoms with E-state index in [0.717, 1.165) is 27.9 Å². The Hall–Kier alpha value is -1.97. The summed E-state index contributed by atoms with van der Waals surface area (Å²) in [5, 5.41) is 0.948. The van der Waals surface area contributed by atoms with Crippen LogP contribution in [0.25, 0.3) is 10.9 Å². The highest BCUT2D eigenvalue weighted by molar-refractivity contribution is 5.97. The van der Waals surface area contributed by atoms with Gasteiger partial charge in [-0.05, 0) is 25.5 Å². The van der Waals surface area contributed by atoms with E-state index in [-0.39, 0.29) is 0 Å². The molecule has 0 saturated heterocycles. The number of hydrogen-bond donors (Lipinski definition) is 1. The number of ether oxygens (including phenoxy) is 2. The Morgan fingerprint density at radius 1 is 1.12 bits per heavy atom. The number of pyridine rings is 1. The van der Waals surface area contributed by atoms with E-state index in [4.69, 9.17) is 15.2 Å². The maximum Gasteiger partial charge on any atom is 0.168 e. The van der Waals surface area contributed by atoms with E-state index in [0.29, 0.717) is 11.4 Å². The third-order valence-corrected chi connectivity index (χ3v) is 2.78. The largest absolute Gasteiger partial charge is 0.496 e. The lowest BCUT2D eigenvalue weighted by molar-refractivity contribution is 0.411. The Kier molecular flexibility index (Phi) is 2.79. The Labute approximate surface area is 100 Å². The van der Waals surface area contributed by atoms with Crippen molar-refractivity contribution in [2.45, 2.75) is 13.8 Å². The van der Waals surface area contributed by atoms with Crippen LogP contribution >= 0.6 is 0 Å². The summed E-state index contributed by atoms with van der Waals surface area (Å²) in [5.74, 6) is 1.33. The zero-order valence-corrected chi connectivity index (χ0v) is 10.5. The monoisotopic (exact) mass is 232 g/mol. The fraction of sp³-hybridized carbons (Fsp3) is 0.308. The number of aromatic nitrogens is 1. The summed E-state index contributed by atoms with van der Waals surface area (Å²) in [5.41, 5.74) is 9.25. The van der Waals surface area contributed by atoms with Gasteiger partial charge in [0, 0.05) is 17.1 Å². The molecular weight excluding hydrogens is 216 g/mol. The Morgan fingerprint density at radius 2 is 1.82 bits per heavy atom. The molecule has 4 heteroatoms. The van der Waals surface area contributed by atoms with Crippen LogP contribution in [0.1, 0.15) is 11.3 Å². The van der Waals surface area contributed by atoms with Gasteiger partial charge in [-0.2, -0.15) is 0 Å². The molecule has 0 atom stereocenters. The number of nitrogens with zero attached hydrogens (tertiary/aromatic N) is 1. The number of methoxy groups -OCH3 is 2. The molecule has 2 rings (SSSR count). The molecule has 1 aromatic carbocycles. The molecular formula is C13H16N2O2. The zero-order valence-electron chi connectivity index (χ0n) is 10.5. The molecule has 0 radical (unpaired) electrons. The van der Waals surface area contributed by atoms with E-state index < -0.39 is 0 Å². The van der Waals surface area contributed by atoms with E-state index in [2.05, 4.69) is 4.98 Å². The van der Waals surface area contributed by atoms with Crippen LogP contribution in [0.2, 0.25) is 0 Å². The predicted octanol–water partition coefficient (Wildman–Crippen LogP) is 2.45. The highest BCUT2D eigenvalue weighted by Crippen LogP contribution is 2.38. The Balaban J connectivity index is 2.97. The molecule has 0 spiro atoms. The second kappa shape index (κ2) is 4.13. The van der Waals surface area contributed by atoms with Gasteiger partial charge in [0.25, 0.3) is 0 Å². The number of benzene rings is 1. The highest BCUT2D eigenvalue weighted by Gasteiger charge is 2.15. The van der Waals surface area contributed by atoms with E-state index >= 15 is 0 Å². The molecule has 0 aliphatic rings. The van der Waals surface area contributed by atoms with Gasteiger partial charge in [0.2, 0.25) is 0 Å². The van der Waals surface area contributed by atoms with Crippen LogP contribution in [0.5, 0.6) is 11.5 Å². The first-order valence-corrected chi connectivity index (χ1v) is 5.37. The summed E-state index contributed by atoms with van der Waals surface area (Å²) in [6.45, 7) is 3.97. The van der Waals surface area contributed by atoms with Crippen LogP contribution in [-0.2, 0) is 0 Å². The molecule has 0 unspecified atom stereocenters. The van der Waals surface area contributed by atoms with Gasteiger partial charge < -0.3 is 15.2 Å². The van der Waals surface area contributed by atoms with Gasteiger partial charge in [0.15, 0.2) is 5.75 Å². The normalized spacial score (nSPS) is 10.6. The number of nitrogen functional groups attached to an aromatic ring is 1. The molecule has 0 saturated carbocycles. The number of anilines is 1. The number of fused-ring (bicyclic) bond motifs is 1. The van der Waals surface area contributed by atoms with Crippen molar-refractivity contribution in [1.82, 2.24) is 4.98 Å². The van der Waals surface area contributed by atoms with Crippen LogP contribution in [0.15, 0.2) is 12.1 Å². The topological polar surface area (TPSA) is 57.4 Å². The molecule has 4 nitrogen and oxygen atoms in total. The molecule has 1 aromatic heterocycles. The lowest BCUT2D eigenvalue weighted by Crippen LogP contribution is -1.99. The lowest BCUT2D eigenvalue weighted by Gasteiger charge is -2.14. The van der Waals surface area contributed by atoms with E-state index in [9.17, 15) is 0 Å². The average Bonchev–Trinajstić information content (AvgIpc) is 2.27. The molecule has 1 heterocycles. The maximum atomic E-state index is 5.93. The third-order valence-electron chi connectivity index (χ3n) is 2.78. The average molecular weight is 232 g/mol. The fourth-order valence-electron chi connectivity index (χ4n) is 2.10. The lowest BCUT2D eigenvalue weighted by atomic mass is 10.1. The third kappa shape index (κ3) is 1.75.